The van der Waals surface area contributed by atoms with Crippen molar-refractivity contribution in [3.63, 3.8) is 0 Å². The SMILES string of the molecule is CC(C)CCC[C@@H](C)[C@H]1CC[C@H]2[C@@H]3CC[C@H]4C[C@@H](OC(=O)Cc5ccc(OC/C=C/S(=O)(=O)c6ccccc6)cc5)CC[C@]4(C)[C@H]3CC[C@]12C. The number of esters is 1. The first-order chi connectivity index (χ1) is 23.9. The molecule has 5 nitrogen and oxygen atoms in total. The number of carbonyl (C=O) groups excluding carboxylic acids is 1. The molecule has 4 aliphatic carbocycles. The Kier molecular flexibility index (Phi) is 11.6. The van der Waals surface area contributed by atoms with Crippen LogP contribution in [0.15, 0.2) is 71.0 Å². The molecule has 6 heteroatoms. The standard InChI is InChI=1S/C44H62O5S/c1-31(2)11-9-12-32(3)39-21-22-40-38-20-17-34-30-36(23-25-43(34,4)41(38)24-26-44(39,40)5)49-42(45)29-33-15-18-35(19-16-33)48-27-10-28-50(46,47)37-13-7-6-8-14-37/h6-8,10,13-16,18-19,28,31-32,34,36,38-41H,9,11-12,17,20-27,29-30H2,1-5H3/b28-10+/t32-,34+,36+,38+,39-,40+,41+,43+,44-/m1/s1. The lowest BCUT2D eigenvalue weighted by molar-refractivity contribution is -0.162. The van der Waals surface area contributed by atoms with Crippen molar-refractivity contribution in [1.82, 2.24) is 0 Å². The lowest BCUT2D eigenvalue weighted by Gasteiger charge is -2.61. The van der Waals surface area contributed by atoms with Gasteiger partial charge in [-0.2, -0.15) is 0 Å². The summed E-state index contributed by atoms with van der Waals surface area (Å²) in [6, 6.07) is 15.8. The number of hydrogen-bond acceptors (Lipinski definition) is 5. The van der Waals surface area contributed by atoms with E-state index in [2.05, 4.69) is 34.6 Å². The second kappa shape index (κ2) is 15.6. The molecular weight excluding hydrogens is 641 g/mol. The van der Waals surface area contributed by atoms with E-state index < -0.39 is 9.84 Å². The topological polar surface area (TPSA) is 69.7 Å². The molecular formula is C44H62O5S. The zero-order valence-corrected chi connectivity index (χ0v) is 32.1. The van der Waals surface area contributed by atoms with Gasteiger partial charge in [-0.3, -0.25) is 4.79 Å². The second-order valence-electron chi connectivity index (χ2n) is 17.4. The number of hydrogen-bond donors (Lipinski definition) is 0. The van der Waals surface area contributed by atoms with Crippen LogP contribution in [0.25, 0.3) is 0 Å². The number of sulfone groups is 1. The third-order valence-electron chi connectivity index (χ3n) is 14.1. The molecule has 0 spiro atoms. The van der Waals surface area contributed by atoms with Gasteiger partial charge in [0.05, 0.1) is 11.3 Å². The maximum absolute atomic E-state index is 13.1. The predicted molar refractivity (Wildman–Crippen MR) is 201 cm³/mol. The molecule has 2 aromatic carbocycles. The summed E-state index contributed by atoms with van der Waals surface area (Å²) in [7, 11) is -3.49. The lowest BCUT2D eigenvalue weighted by Crippen LogP contribution is -2.54. The molecule has 2 aromatic rings. The molecule has 0 N–H and O–H groups in total. The summed E-state index contributed by atoms with van der Waals surface area (Å²) in [5.41, 5.74) is 1.80. The smallest absolute Gasteiger partial charge is 0.310 e. The predicted octanol–water partition coefficient (Wildman–Crippen LogP) is 10.6. The molecule has 0 aromatic heterocycles. The van der Waals surface area contributed by atoms with Crippen LogP contribution < -0.4 is 4.74 Å². The maximum Gasteiger partial charge on any atom is 0.310 e. The molecule has 0 radical (unpaired) electrons. The minimum atomic E-state index is -3.49. The summed E-state index contributed by atoms with van der Waals surface area (Å²) in [6.45, 7) is 12.7. The van der Waals surface area contributed by atoms with Crippen LogP contribution >= 0.6 is 0 Å². The van der Waals surface area contributed by atoms with E-state index in [0.717, 1.165) is 53.9 Å². The minimum Gasteiger partial charge on any atom is -0.490 e. The molecule has 4 aliphatic rings. The maximum atomic E-state index is 13.1. The van der Waals surface area contributed by atoms with Crippen LogP contribution in [0.1, 0.15) is 117 Å². The molecule has 50 heavy (non-hydrogen) atoms. The van der Waals surface area contributed by atoms with Gasteiger partial charge in [0, 0.05) is 5.41 Å². The molecule has 9 atom stereocenters. The number of benzene rings is 2. The summed E-state index contributed by atoms with van der Waals surface area (Å²) in [5, 5.41) is 1.18. The summed E-state index contributed by atoms with van der Waals surface area (Å²) in [4.78, 5) is 13.3. The Morgan fingerprint density at radius 2 is 1.58 bits per heavy atom. The van der Waals surface area contributed by atoms with Crippen LogP contribution in [-0.4, -0.2) is 27.1 Å². The van der Waals surface area contributed by atoms with Crippen molar-refractivity contribution in [2.45, 2.75) is 129 Å². The van der Waals surface area contributed by atoms with E-state index in [1.165, 1.54) is 75.7 Å². The van der Waals surface area contributed by atoms with E-state index in [9.17, 15) is 13.2 Å². The number of rotatable bonds is 13. The number of carbonyl (C=O) groups is 1. The molecule has 0 heterocycles. The van der Waals surface area contributed by atoms with Gasteiger partial charge in [0.1, 0.15) is 18.5 Å². The van der Waals surface area contributed by atoms with Crippen molar-refractivity contribution in [1.29, 1.82) is 0 Å². The van der Waals surface area contributed by atoms with Gasteiger partial charge in [0.2, 0.25) is 0 Å². The minimum absolute atomic E-state index is 0.0232. The average molecular weight is 703 g/mol. The normalized spacial score (nSPS) is 33.0. The molecule has 6 rings (SSSR count). The van der Waals surface area contributed by atoms with E-state index in [1.54, 1.807) is 30.3 Å². The zero-order valence-electron chi connectivity index (χ0n) is 31.3. The molecule has 0 aliphatic heterocycles. The summed E-state index contributed by atoms with van der Waals surface area (Å²) < 4.78 is 36.7. The highest BCUT2D eigenvalue weighted by Gasteiger charge is 2.60. The van der Waals surface area contributed by atoms with Gasteiger partial charge in [-0.1, -0.05) is 84.2 Å². The monoisotopic (exact) mass is 702 g/mol. The van der Waals surface area contributed by atoms with Crippen LogP contribution in [0.5, 0.6) is 5.75 Å². The van der Waals surface area contributed by atoms with Crippen LogP contribution in [0, 0.1) is 52.3 Å². The van der Waals surface area contributed by atoms with E-state index in [1.807, 2.05) is 24.3 Å². The zero-order chi connectivity index (χ0) is 35.5. The van der Waals surface area contributed by atoms with Gasteiger partial charge in [0.25, 0.3) is 0 Å². The third kappa shape index (κ3) is 8.06. The first-order valence-corrected chi connectivity index (χ1v) is 21.3. The van der Waals surface area contributed by atoms with E-state index >= 15 is 0 Å². The molecule has 4 fully saturated rings. The fourth-order valence-corrected chi connectivity index (χ4v) is 12.5. The average Bonchev–Trinajstić information content (AvgIpc) is 3.45. The van der Waals surface area contributed by atoms with Crippen LogP contribution in [0.2, 0.25) is 0 Å². The molecule has 0 saturated heterocycles. The van der Waals surface area contributed by atoms with Crippen LogP contribution in [0.3, 0.4) is 0 Å². The van der Waals surface area contributed by atoms with Crippen molar-refractivity contribution in [2.75, 3.05) is 6.61 Å². The molecule has 0 unspecified atom stereocenters. The van der Waals surface area contributed by atoms with E-state index in [-0.39, 0.29) is 30.0 Å². The van der Waals surface area contributed by atoms with Crippen LogP contribution in [0.4, 0.5) is 0 Å². The van der Waals surface area contributed by atoms with Crippen molar-refractivity contribution in [3.8, 4) is 5.75 Å². The Hall–Kier alpha value is -2.60. The van der Waals surface area contributed by atoms with Gasteiger partial charge in [0.15, 0.2) is 9.84 Å². The van der Waals surface area contributed by atoms with Gasteiger partial charge in [-0.25, -0.2) is 8.42 Å². The highest BCUT2D eigenvalue weighted by Crippen LogP contribution is 2.68. The highest BCUT2D eigenvalue weighted by atomic mass is 32.2. The lowest BCUT2D eigenvalue weighted by atomic mass is 9.44. The van der Waals surface area contributed by atoms with Gasteiger partial charge in [-0.05, 0) is 146 Å². The highest BCUT2D eigenvalue weighted by molar-refractivity contribution is 7.94. The second-order valence-corrected chi connectivity index (χ2v) is 19.3. The van der Waals surface area contributed by atoms with Gasteiger partial charge in [-0.15, -0.1) is 0 Å². The van der Waals surface area contributed by atoms with E-state index in [0.29, 0.717) is 22.5 Å². The third-order valence-corrected chi connectivity index (χ3v) is 15.6. The Morgan fingerprint density at radius 3 is 2.32 bits per heavy atom. The van der Waals surface area contributed by atoms with Crippen LogP contribution in [-0.2, 0) is 25.8 Å². The largest absolute Gasteiger partial charge is 0.490 e. The number of fused-ring (bicyclic) bond motifs is 5. The number of ether oxygens (including phenoxy) is 2. The van der Waals surface area contributed by atoms with Crippen molar-refractivity contribution in [3.05, 3.63) is 71.6 Å². The van der Waals surface area contributed by atoms with Crippen molar-refractivity contribution in [2.24, 2.45) is 52.3 Å². The van der Waals surface area contributed by atoms with E-state index in [4.69, 9.17) is 9.47 Å². The molecule has 274 valence electrons. The molecule has 4 saturated carbocycles. The fourth-order valence-electron chi connectivity index (χ4n) is 11.4. The molecule has 0 amide bonds. The summed E-state index contributed by atoms with van der Waals surface area (Å²) >= 11 is 0. The van der Waals surface area contributed by atoms with Gasteiger partial charge < -0.3 is 9.47 Å². The Morgan fingerprint density at radius 1 is 0.860 bits per heavy atom. The fraction of sp³-hybridized carbons (Fsp3) is 0.659. The first kappa shape index (κ1) is 37.2. The Labute approximate surface area is 302 Å². The molecule has 0 bridgehead atoms. The van der Waals surface area contributed by atoms with Crippen molar-refractivity contribution < 1.29 is 22.7 Å². The van der Waals surface area contributed by atoms with Gasteiger partial charge >= 0.3 is 5.97 Å². The quantitative estimate of drug-likeness (QED) is 0.194. The Balaban J connectivity index is 0.964. The summed E-state index contributed by atoms with van der Waals surface area (Å²) in [5.74, 6) is 6.30. The Bertz CT molecular complexity index is 1570. The van der Waals surface area contributed by atoms with Crippen molar-refractivity contribution >= 4 is 15.8 Å². The summed E-state index contributed by atoms with van der Waals surface area (Å²) in [6.07, 6.45) is 17.5. The first-order valence-electron chi connectivity index (χ1n) is 19.8.